The van der Waals surface area contributed by atoms with Crippen LogP contribution in [0.3, 0.4) is 0 Å². The number of hydrogen-bond acceptors (Lipinski definition) is 4. The number of H-pyrrole nitrogens is 1. The number of carbonyl (C=O) groups is 1. The van der Waals surface area contributed by atoms with E-state index >= 15 is 0 Å². The van der Waals surface area contributed by atoms with Crippen LogP contribution in [0.5, 0.6) is 0 Å². The fourth-order valence-corrected chi connectivity index (χ4v) is 1.28. The minimum Gasteiger partial charge on any atom is -0.292 e. The lowest BCUT2D eigenvalue weighted by Crippen LogP contribution is -2.21. The molecule has 2 rings (SSSR count). The molecular weight excluding hydrogens is 234 g/mol. The molecule has 0 bridgehead atoms. The van der Waals surface area contributed by atoms with E-state index in [1.807, 2.05) is 13.0 Å². The molecule has 0 spiro atoms. The minimum absolute atomic E-state index is 0.250. The quantitative estimate of drug-likeness (QED) is 0.738. The second kappa shape index (κ2) is 5.09. The fourth-order valence-electron chi connectivity index (χ4n) is 1.28. The van der Waals surface area contributed by atoms with Gasteiger partial charge in [0.25, 0.3) is 5.56 Å². The van der Waals surface area contributed by atoms with Crippen molar-refractivity contribution in [2.75, 3.05) is 10.6 Å². The van der Waals surface area contributed by atoms with Crippen LogP contribution in [0.1, 0.15) is 5.56 Å². The Morgan fingerprint density at radius 2 is 2.00 bits per heavy atom. The van der Waals surface area contributed by atoms with Gasteiger partial charge in [0.15, 0.2) is 5.82 Å². The van der Waals surface area contributed by atoms with Crippen LogP contribution in [0, 0.1) is 6.92 Å². The molecule has 0 atom stereocenters. The molecule has 18 heavy (non-hydrogen) atoms. The number of carbonyl (C=O) groups excluding carboxylic acids is 1. The molecule has 2 heterocycles. The molecule has 3 N–H and O–H groups in total. The molecule has 2 aromatic heterocycles. The molecule has 2 aromatic rings. The first kappa shape index (κ1) is 11.8. The normalized spacial score (nSPS) is 9.83. The predicted molar refractivity (Wildman–Crippen MR) is 66.5 cm³/mol. The summed E-state index contributed by atoms with van der Waals surface area (Å²) < 4.78 is 0. The number of amides is 2. The minimum atomic E-state index is -0.479. The van der Waals surface area contributed by atoms with Gasteiger partial charge >= 0.3 is 6.03 Å². The summed E-state index contributed by atoms with van der Waals surface area (Å²) in [7, 11) is 0. The lowest BCUT2D eigenvalue weighted by atomic mass is 10.3. The Morgan fingerprint density at radius 1 is 1.22 bits per heavy atom. The van der Waals surface area contributed by atoms with Gasteiger partial charge < -0.3 is 0 Å². The van der Waals surface area contributed by atoms with Gasteiger partial charge in [-0.3, -0.25) is 15.4 Å². The summed E-state index contributed by atoms with van der Waals surface area (Å²) in [5.41, 5.74) is 0.656. The summed E-state index contributed by atoms with van der Waals surface area (Å²) in [5, 5.41) is 10.9. The summed E-state index contributed by atoms with van der Waals surface area (Å²) in [6.07, 6.45) is 1.60. The zero-order valence-electron chi connectivity index (χ0n) is 9.60. The van der Waals surface area contributed by atoms with Crippen LogP contribution in [0.15, 0.2) is 35.3 Å². The van der Waals surface area contributed by atoms with Crippen molar-refractivity contribution in [3.8, 4) is 0 Å². The maximum absolute atomic E-state index is 11.6. The maximum Gasteiger partial charge on any atom is 0.326 e. The van der Waals surface area contributed by atoms with Crippen LogP contribution >= 0.6 is 0 Å². The molecule has 0 unspecified atom stereocenters. The highest BCUT2D eigenvalue weighted by molar-refractivity contribution is 5.98. The molecule has 92 valence electrons. The van der Waals surface area contributed by atoms with Gasteiger partial charge in [-0.2, -0.15) is 5.10 Å². The summed E-state index contributed by atoms with van der Waals surface area (Å²) in [5.74, 6) is 0.691. The first-order valence-corrected chi connectivity index (χ1v) is 5.20. The van der Waals surface area contributed by atoms with E-state index in [1.165, 1.54) is 12.1 Å². The van der Waals surface area contributed by atoms with Crippen LogP contribution in [0.4, 0.5) is 16.4 Å². The largest absolute Gasteiger partial charge is 0.326 e. The van der Waals surface area contributed by atoms with Crippen molar-refractivity contribution in [2.24, 2.45) is 0 Å². The van der Waals surface area contributed by atoms with Crippen LogP contribution < -0.4 is 16.2 Å². The zero-order valence-corrected chi connectivity index (χ0v) is 9.60. The number of aromatic nitrogens is 3. The molecule has 0 aliphatic carbocycles. The Balaban J connectivity index is 2.01. The number of rotatable bonds is 2. The molecule has 0 fully saturated rings. The van der Waals surface area contributed by atoms with Crippen LogP contribution in [0.2, 0.25) is 0 Å². The summed E-state index contributed by atoms with van der Waals surface area (Å²) in [4.78, 5) is 26.3. The Labute approximate surface area is 102 Å². The van der Waals surface area contributed by atoms with E-state index in [9.17, 15) is 9.59 Å². The average molecular weight is 245 g/mol. The van der Waals surface area contributed by atoms with Crippen molar-refractivity contribution in [3.63, 3.8) is 0 Å². The number of nitrogens with one attached hydrogen (secondary N) is 3. The first-order chi connectivity index (χ1) is 8.63. The van der Waals surface area contributed by atoms with E-state index in [-0.39, 0.29) is 11.4 Å². The molecule has 7 nitrogen and oxygen atoms in total. The SMILES string of the molecule is Cc1ccnc(NC(=O)Nc2ccc(=O)[nH]n2)c1. The molecule has 0 radical (unpaired) electrons. The summed E-state index contributed by atoms with van der Waals surface area (Å²) in [6.45, 7) is 1.90. The highest BCUT2D eigenvalue weighted by Gasteiger charge is 2.04. The standard InChI is InChI=1S/C11H11N5O2/c1-7-4-5-12-9(6-7)14-11(18)13-8-2-3-10(17)16-15-8/h2-6H,1H3,(H,16,17)(H2,12,13,14,15,18). The van der Waals surface area contributed by atoms with Gasteiger partial charge in [0.2, 0.25) is 0 Å². The van der Waals surface area contributed by atoms with E-state index < -0.39 is 6.03 Å². The van der Waals surface area contributed by atoms with Crippen LogP contribution in [0.25, 0.3) is 0 Å². The third kappa shape index (κ3) is 3.14. The highest BCUT2D eigenvalue weighted by atomic mass is 16.2. The van der Waals surface area contributed by atoms with Gasteiger partial charge in [0, 0.05) is 12.3 Å². The third-order valence-electron chi connectivity index (χ3n) is 2.08. The number of anilines is 2. The van der Waals surface area contributed by atoms with Crippen molar-refractivity contribution in [2.45, 2.75) is 6.92 Å². The van der Waals surface area contributed by atoms with Gasteiger partial charge in [-0.15, -0.1) is 0 Å². The molecule has 7 heteroatoms. The molecule has 0 aliphatic heterocycles. The van der Waals surface area contributed by atoms with Crippen LogP contribution in [-0.2, 0) is 0 Å². The topological polar surface area (TPSA) is 99.8 Å². The Bertz CT molecular complexity index is 602. The Hall–Kier alpha value is -2.70. The number of hydrogen-bond donors (Lipinski definition) is 3. The van der Waals surface area contributed by atoms with Crippen molar-refractivity contribution < 1.29 is 4.79 Å². The number of urea groups is 1. The molecule has 0 aromatic carbocycles. The van der Waals surface area contributed by atoms with Crippen molar-refractivity contribution in [1.29, 1.82) is 0 Å². The number of aryl methyl sites for hydroxylation is 1. The van der Waals surface area contributed by atoms with Crippen molar-refractivity contribution in [1.82, 2.24) is 15.2 Å². The van der Waals surface area contributed by atoms with Crippen molar-refractivity contribution in [3.05, 3.63) is 46.4 Å². The van der Waals surface area contributed by atoms with Gasteiger partial charge in [-0.25, -0.2) is 14.9 Å². The van der Waals surface area contributed by atoms with E-state index in [0.717, 1.165) is 5.56 Å². The molecular formula is C11H11N5O2. The maximum atomic E-state index is 11.6. The smallest absolute Gasteiger partial charge is 0.292 e. The lowest BCUT2D eigenvalue weighted by Gasteiger charge is -2.05. The third-order valence-corrected chi connectivity index (χ3v) is 2.08. The van der Waals surface area contributed by atoms with Gasteiger partial charge in [-0.05, 0) is 30.7 Å². The van der Waals surface area contributed by atoms with Gasteiger partial charge in [0.05, 0.1) is 0 Å². The number of pyridine rings is 1. The molecule has 0 saturated heterocycles. The van der Waals surface area contributed by atoms with Crippen molar-refractivity contribution >= 4 is 17.7 Å². The van der Waals surface area contributed by atoms with E-state index in [1.54, 1.807) is 12.3 Å². The summed E-state index contributed by atoms with van der Waals surface area (Å²) in [6, 6.07) is 5.76. The number of nitrogens with zero attached hydrogens (tertiary/aromatic N) is 2. The van der Waals surface area contributed by atoms with Gasteiger partial charge in [-0.1, -0.05) is 0 Å². The van der Waals surface area contributed by atoms with E-state index in [0.29, 0.717) is 5.82 Å². The molecule has 0 saturated carbocycles. The second-order valence-corrected chi connectivity index (χ2v) is 3.60. The summed E-state index contributed by atoms with van der Waals surface area (Å²) >= 11 is 0. The van der Waals surface area contributed by atoms with E-state index in [4.69, 9.17) is 0 Å². The second-order valence-electron chi connectivity index (χ2n) is 3.60. The lowest BCUT2D eigenvalue weighted by molar-refractivity contribution is 0.262. The predicted octanol–water partition coefficient (Wildman–Crippen LogP) is 1.12. The molecule has 2 amide bonds. The zero-order chi connectivity index (χ0) is 13.0. The highest BCUT2D eigenvalue weighted by Crippen LogP contribution is 2.06. The fraction of sp³-hybridized carbons (Fsp3) is 0.0909. The van der Waals surface area contributed by atoms with Gasteiger partial charge in [0.1, 0.15) is 5.82 Å². The van der Waals surface area contributed by atoms with Crippen LogP contribution in [-0.4, -0.2) is 21.2 Å². The van der Waals surface area contributed by atoms with E-state index in [2.05, 4.69) is 25.8 Å². The number of aromatic amines is 1. The monoisotopic (exact) mass is 245 g/mol. The first-order valence-electron chi connectivity index (χ1n) is 5.20. The molecule has 0 aliphatic rings. The Kier molecular flexibility index (Phi) is 3.33. The Morgan fingerprint density at radius 3 is 2.67 bits per heavy atom. The average Bonchev–Trinajstić information content (AvgIpc) is 2.32.